The molecule has 1 aliphatic rings. The van der Waals surface area contributed by atoms with Crippen LogP contribution in [0.2, 0.25) is 0 Å². The second-order valence-electron chi connectivity index (χ2n) is 8.30. The quantitative estimate of drug-likeness (QED) is 0.340. The lowest BCUT2D eigenvalue weighted by molar-refractivity contribution is -0.00700. The highest BCUT2D eigenvalue weighted by Gasteiger charge is 2.24. The van der Waals surface area contributed by atoms with Crippen LogP contribution in [0.3, 0.4) is 0 Å². The summed E-state index contributed by atoms with van der Waals surface area (Å²) >= 11 is 0. The average molecular weight is 453 g/mol. The van der Waals surface area contributed by atoms with Gasteiger partial charge in [0, 0.05) is 17.0 Å². The fourth-order valence-electron chi connectivity index (χ4n) is 4.09. The topological polar surface area (TPSA) is 18.5 Å². The fourth-order valence-corrected chi connectivity index (χ4v) is 4.09. The van der Waals surface area contributed by atoms with Crippen molar-refractivity contribution in [3.05, 3.63) is 90.3 Å². The number of hydrogen-bond acceptors (Lipinski definition) is 2. The van der Waals surface area contributed by atoms with E-state index in [4.69, 9.17) is 9.47 Å². The van der Waals surface area contributed by atoms with Crippen molar-refractivity contribution < 1.29 is 22.6 Å². The van der Waals surface area contributed by atoms with Crippen molar-refractivity contribution in [2.75, 3.05) is 13.2 Å². The lowest BCUT2D eigenvalue weighted by Crippen LogP contribution is -2.19. The highest BCUT2D eigenvalue weighted by atomic mass is 19.2. The van der Waals surface area contributed by atoms with E-state index in [0.29, 0.717) is 42.2 Å². The fraction of sp³-hybridized carbons (Fsp3) is 0.286. The van der Waals surface area contributed by atoms with Gasteiger partial charge in [-0.25, -0.2) is 8.78 Å². The summed E-state index contributed by atoms with van der Waals surface area (Å²) in [5, 5.41) is 0. The van der Waals surface area contributed by atoms with E-state index < -0.39 is 11.6 Å². The molecule has 4 rings (SSSR count). The standard InChI is InChI=1S/C28H27F3O2/c1-3-15-32-26-14-12-22(27(30)28(26)31)20-8-6-19(7-9-20)21-10-11-23(24(29)16-21)25-13-5-18(4-2)17-33-25/h4,6-12,14,16,18,25H,2-3,5,13,15,17H2,1H3. The molecule has 5 heteroatoms. The van der Waals surface area contributed by atoms with Crippen molar-refractivity contribution in [1.82, 2.24) is 0 Å². The molecule has 0 spiro atoms. The Labute approximate surface area is 192 Å². The molecular formula is C28H27F3O2. The van der Waals surface area contributed by atoms with Gasteiger partial charge in [0.15, 0.2) is 11.6 Å². The van der Waals surface area contributed by atoms with E-state index in [0.717, 1.165) is 18.4 Å². The number of ether oxygens (including phenoxy) is 2. The summed E-state index contributed by atoms with van der Waals surface area (Å²) in [6.45, 7) is 6.57. The van der Waals surface area contributed by atoms with Crippen molar-refractivity contribution in [3.63, 3.8) is 0 Å². The van der Waals surface area contributed by atoms with E-state index in [1.807, 2.05) is 19.1 Å². The van der Waals surface area contributed by atoms with E-state index >= 15 is 0 Å². The summed E-state index contributed by atoms with van der Waals surface area (Å²) in [6.07, 6.45) is 4.02. The third-order valence-corrected chi connectivity index (χ3v) is 6.03. The van der Waals surface area contributed by atoms with Crippen molar-refractivity contribution >= 4 is 0 Å². The van der Waals surface area contributed by atoms with Gasteiger partial charge in [-0.1, -0.05) is 49.4 Å². The normalized spacial score (nSPS) is 18.2. The molecule has 0 bridgehead atoms. The summed E-state index contributed by atoms with van der Waals surface area (Å²) in [4.78, 5) is 0. The van der Waals surface area contributed by atoms with Gasteiger partial charge >= 0.3 is 0 Å². The molecule has 0 aromatic heterocycles. The van der Waals surface area contributed by atoms with Crippen LogP contribution in [0.15, 0.2) is 67.3 Å². The molecule has 2 unspecified atom stereocenters. The predicted molar refractivity (Wildman–Crippen MR) is 125 cm³/mol. The van der Waals surface area contributed by atoms with Crippen molar-refractivity contribution in [1.29, 1.82) is 0 Å². The number of halogens is 3. The summed E-state index contributed by atoms with van der Waals surface area (Å²) in [7, 11) is 0. The van der Waals surface area contributed by atoms with Gasteiger partial charge in [-0.05, 0) is 54.2 Å². The van der Waals surface area contributed by atoms with Crippen LogP contribution < -0.4 is 4.74 Å². The molecular weight excluding hydrogens is 425 g/mol. The Morgan fingerprint density at radius 1 is 0.939 bits per heavy atom. The van der Waals surface area contributed by atoms with Gasteiger partial charge < -0.3 is 9.47 Å². The molecule has 1 heterocycles. The lowest BCUT2D eigenvalue weighted by Gasteiger charge is -2.28. The molecule has 3 aromatic rings. The maximum Gasteiger partial charge on any atom is 0.201 e. The van der Waals surface area contributed by atoms with E-state index in [9.17, 15) is 13.2 Å². The molecule has 0 amide bonds. The minimum Gasteiger partial charge on any atom is -0.490 e. The first-order chi connectivity index (χ1) is 16.0. The molecule has 0 saturated carbocycles. The SMILES string of the molecule is C=CC1CCC(c2ccc(-c3ccc(-c4ccc(OCCC)c(F)c4F)cc3)cc2F)OC1. The summed E-state index contributed by atoms with van der Waals surface area (Å²) < 4.78 is 54.9. The van der Waals surface area contributed by atoms with Crippen molar-refractivity contribution in [3.8, 4) is 28.0 Å². The molecule has 33 heavy (non-hydrogen) atoms. The minimum atomic E-state index is -0.993. The van der Waals surface area contributed by atoms with Gasteiger partial charge in [0.2, 0.25) is 5.82 Å². The predicted octanol–water partition coefficient (Wildman–Crippen LogP) is 7.88. The molecule has 2 atom stereocenters. The zero-order valence-electron chi connectivity index (χ0n) is 18.6. The van der Waals surface area contributed by atoms with E-state index in [2.05, 4.69) is 6.58 Å². The maximum atomic E-state index is 14.9. The van der Waals surface area contributed by atoms with Crippen LogP contribution in [0.4, 0.5) is 13.2 Å². The molecule has 1 fully saturated rings. The number of benzene rings is 3. The van der Waals surface area contributed by atoms with Crippen LogP contribution in [0, 0.1) is 23.4 Å². The Bertz CT molecular complexity index is 1120. The van der Waals surface area contributed by atoms with Crippen LogP contribution >= 0.6 is 0 Å². The Morgan fingerprint density at radius 3 is 2.30 bits per heavy atom. The van der Waals surface area contributed by atoms with Crippen LogP contribution in [-0.2, 0) is 4.74 Å². The van der Waals surface area contributed by atoms with Crippen LogP contribution in [0.5, 0.6) is 5.75 Å². The van der Waals surface area contributed by atoms with Gasteiger partial charge in [0.1, 0.15) is 5.82 Å². The Kier molecular flexibility index (Phi) is 7.19. The van der Waals surface area contributed by atoms with Crippen LogP contribution in [0.1, 0.15) is 37.9 Å². The lowest BCUT2D eigenvalue weighted by atomic mass is 9.93. The molecule has 0 aliphatic carbocycles. The monoisotopic (exact) mass is 452 g/mol. The molecule has 3 aromatic carbocycles. The van der Waals surface area contributed by atoms with E-state index in [1.165, 1.54) is 18.2 Å². The maximum absolute atomic E-state index is 14.9. The Morgan fingerprint density at radius 2 is 1.67 bits per heavy atom. The third kappa shape index (κ3) is 4.98. The first-order valence-electron chi connectivity index (χ1n) is 11.3. The first kappa shape index (κ1) is 23.1. The second-order valence-corrected chi connectivity index (χ2v) is 8.30. The highest BCUT2D eigenvalue weighted by Crippen LogP contribution is 2.35. The Hall–Kier alpha value is -3.05. The molecule has 2 nitrogen and oxygen atoms in total. The highest BCUT2D eigenvalue weighted by molar-refractivity contribution is 5.71. The first-order valence-corrected chi connectivity index (χ1v) is 11.3. The number of hydrogen-bond donors (Lipinski definition) is 0. The van der Waals surface area contributed by atoms with Gasteiger partial charge in [0.05, 0.1) is 19.3 Å². The minimum absolute atomic E-state index is 0.0905. The zero-order valence-corrected chi connectivity index (χ0v) is 18.6. The third-order valence-electron chi connectivity index (χ3n) is 6.03. The molecule has 172 valence electrons. The molecule has 1 aliphatic heterocycles. The van der Waals surface area contributed by atoms with Gasteiger partial charge in [-0.2, -0.15) is 4.39 Å². The van der Waals surface area contributed by atoms with Crippen molar-refractivity contribution in [2.24, 2.45) is 5.92 Å². The largest absolute Gasteiger partial charge is 0.490 e. The van der Waals surface area contributed by atoms with Gasteiger partial charge in [-0.3, -0.25) is 0 Å². The summed E-state index contributed by atoms with van der Waals surface area (Å²) in [5.41, 5.74) is 2.72. The summed E-state index contributed by atoms with van der Waals surface area (Å²) in [6, 6.07) is 15.0. The zero-order chi connectivity index (χ0) is 23.4. The van der Waals surface area contributed by atoms with Crippen molar-refractivity contribution in [2.45, 2.75) is 32.3 Å². The molecule has 0 N–H and O–H groups in total. The smallest absolute Gasteiger partial charge is 0.201 e. The van der Waals surface area contributed by atoms with Gasteiger partial charge in [0.25, 0.3) is 0 Å². The van der Waals surface area contributed by atoms with Crippen LogP contribution in [0.25, 0.3) is 22.3 Å². The second kappa shape index (κ2) is 10.3. The number of rotatable bonds is 7. The van der Waals surface area contributed by atoms with E-state index in [-0.39, 0.29) is 23.2 Å². The van der Waals surface area contributed by atoms with E-state index in [1.54, 1.807) is 30.3 Å². The molecule has 0 radical (unpaired) electrons. The van der Waals surface area contributed by atoms with Crippen LogP contribution in [-0.4, -0.2) is 13.2 Å². The average Bonchev–Trinajstić information content (AvgIpc) is 2.85. The molecule has 1 saturated heterocycles. The van der Waals surface area contributed by atoms with Gasteiger partial charge in [-0.15, -0.1) is 6.58 Å². The summed E-state index contributed by atoms with van der Waals surface area (Å²) in [5.74, 6) is -2.02. The Balaban J connectivity index is 1.52.